The van der Waals surface area contributed by atoms with E-state index in [4.69, 9.17) is 4.74 Å². The molecule has 1 aliphatic carbocycles. The van der Waals surface area contributed by atoms with Gasteiger partial charge in [-0.1, -0.05) is 6.07 Å². The lowest BCUT2D eigenvalue weighted by Crippen LogP contribution is -2.45. The maximum atomic E-state index is 13.3. The van der Waals surface area contributed by atoms with E-state index in [2.05, 4.69) is 5.32 Å². The first-order valence-corrected chi connectivity index (χ1v) is 13.1. The van der Waals surface area contributed by atoms with Gasteiger partial charge < -0.3 is 10.1 Å². The normalized spacial score (nSPS) is 30.3. The molecule has 27 heavy (non-hydrogen) atoms. The molecular formula is C19H27NO5S2. The number of ether oxygens (including phenoxy) is 1. The molecule has 0 saturated carbocycles. The van der Waals surface area contributed by atoms with Crippen molar-refractivity contribution in [2.45, 2.75) is 60.8 Å². The Kier molecular flexibility index (Phi) is 5.35. The molecule has 1 unspecified atom stereocenters. The number of hydrogen-bond acceptors (Lipinski definition) is 6. The summed E-state index contributed by atoms with van der Waals surface area (Å²) < 4.78 is 56.6. The molecule has 6 nitrogen and oxygen atoms in total. The summed E-state index contributed by atoms with van der Waals surface area (Å²) in [6.07, 6.45) is 6.04. The van der Waals surface area contributed by atoms with Crippen molar-refractivity contribution in [2.75, 3.05) is 24.7 Å². The Balaban J connectivity index is 1.58. The van der Waals surface area contributed by atoms with Crippen molar-refractivity contribution in [1.82, 2.24) is 5.32 Å². The van der Waals surface area contributed by atoms with Crippen LogP contribution in [0.4, 0.5) is 0 Å². The fourth-order valence-corrected chi connectivity index (χ4v) is 9.23. The molecule has 1 N–H and O–H groups in total. The maximum absolute atomic E-state index is 13.3. The molecule has 1 aromatic rings. The highest BCUT2D eigenvalue weighted by atomic mass is 32.2. The maximum Gasteiger partial charge on any atom is 0.183 e. The second-order valence-electron chi connectivity index (χ2n) is 7.95. The minimum atomic E-state index is -3.72. The van der Waals surface area contributed by atoms with Crippen LogP contribution >= 0.6 is 0 Å². The second kappa shape index (κ2) is 7.46. The Morgan fingerprint density at radius 3 is 2.59 bits per heavy atom. The Labute approximate surface area is 161 Å². The highest BCUT2D eigenvalue weighted by Crippen LogP contribution is 2.30. The van der Waals surface area contributed by atoms with Crippen molar-refractivity contribution in [3.05, 3.63) is 29.3 Å². The summed E-state index contributed by atoms with van der Waals surface area (Å²) in [6, 6.07) is 4.74. The van der Waals surface area contributed by atoms with Crippen molar-refractivity contribution in [3.8, 4) is 0 Å². The lowest BCUT2D eigenvalue weighted by Gasteiger charge is -2.23. The van der Waals surface area contributed by atoms with Crippen LogP contribution in [-0.4, -0.2) is 58.9 Å². The molecule has 0 amide bonds. The molecule has 0 aromatic heterocycles. The molecule has 2 fully saturated rings. The third-order valence-corrected chi connectivity index (χ3v) is 10.1. The van der Waals surface area contributed by atoms with E-state index in [0.717, 1.165) is 44.1 Å². The Morgan fingerprint density at radius 1 is 1.07 bits per heavy atom. The van der Waals surface area contributed by atoms with E-state index in [-0.39, 0.29) is 22.5 Å². The summed E-state index contributed by atoms with van der Waals surface area (Å²) in [6.45, 7) is 1.21. The third kappa shape index (κ3) is 4.09. The van der Waals surface area contributed by atoms with Crippen molar-refractivity contribution < 1.29 is 21.6 Å². The summed E-state index contributed by atoms with van der Waals surface area (Å²) in [5.41, 5.74) is 2.30. The Bertz CT molecular complexity index is 904. The van der Waals surface area contributed by atoms with Crippen molar-refractivity contribution >= 4 is 19.7 Å². The van der Waals surface area contributed by atoms with Crippen molar-refractivity contribution in [3.63, 3.8) is 0 Å². The van der Waals surface area contributed by atoms with Gasteiger partial charge in [0.05, 0.1) is 27.8 Å². The van der Waals surface area contributed by atoms with Gasteiger partial charge in [-0.2, -0.15) is 0 Å². The fraction of sp³-hybridized carbons (Fsp3) is 0.684. The van der Waals surface area contributed by atoms with E-state index in [1.54, 1.807) is 12.1 Å². The van der Waals surface area contributed by atoms with E-state index in [1.807, 2.05) is 6.07 Å². The molecule has 4 rings (SSSR count). The monoisotopic (exact) mass is 413 g/mol. The molecule has 3 atom stereocenters. The molecule has 0 spiro atoms. The quantitative estimate of drug-likeness (QED) is 0.782. The van der Waals surface area contributed by atoms with Crippen LogP contribution in [0.15, 0.2) is 23.1 Å². The van der Waals surface area contributed by atoms with Crippen LogP contribution in [0.5, 0.6) is 0 Å². The Hall–Kier alpha value is -0.960. The third-order valence-electron chi connectivity index (χ3n) is 5.98. The number of hydrogen-bond donors (Lipinski definition) is 1. The average Bonchev–Trinajstić information content (AvgIpc) is 3.26. The first-order valence-electron chi connectivity index (χ1n) is 9.76. The second-order valence-corrected chi connectivity index (χ2v) is 12.3. The first-order chi connectivity index (χ1) is 12.9. The van der Waals surface area contributed by atoms with Gasteiger partial charge in [-0.25, -0.2) is 16.8 Å². The van der Waals surface area contributed by atoms with E-state index >= 15 is 0 Å². The number of nitrogens with one attached hydrogen (secondary N) is 1. The molecule has 2 aliphatic heterocycles. The van der Waals surface area contributed by atoms with E-state index in [1.165, 1.54) is 5.56 Å². The summed E-state index contributed by atoms with van der Waals surface area (Å²) in [4.78, 5) is 0.258. The molecule has 2 heterocycles. The lowest BCUT2D eigenvalue weighted by atomic mass is 9.92. The van der Waals surface area contributed by atoms with Crippen LogP contribution in [0.2, 0.25) is 0 Å². The minimum absolute atomic E-state index is 0.0420. The van der Waals surface area contributed by atoms with Gasteiger partial charge in [0.15, 0.2) is 19.7 Å². The summed E-state index contributed by atoms with van der Waals surface area (Å²) in [5.74, 6) is -0.440. The highest BCUT2D eigenvalue weighted by molar-refractivity contribution is 7.96. The molecule has 150 valence electrons. The molecular weight excluding hydrogens is 386 g/mol. The van der Waals surface area contributed by atoms with Gasteiger partial charge in [-0.15, -0.1) is 0 Å². The molecule has 0 bridgehead atoms. The SMILES string of the molecule is O=S1(=O)C[C@H](NCC2CCCO2)[C@@H](S(=O)(=O)c2ccc3c(c2)CCCC3)C1. The van der Waals surface area contributed by atoms with Gasteiger partial charge >= 0.3 is 0 Å². The lowest BCUT2D eigenvalue weighted by molar-refractivity contribution is 0.108. The Morgan fingerprint density at radius 2 is 1.85 bits per heavy atom. The zero-order valence-electron chi connectivity index (χ0n) is 15.4. The van der Waals surface area contributed by atoms with E-state index < -0.39 is 31.0 Å². The van der Waals surface area contributed by atoms with Crippen LogP contribution in [0.1, 0.15) is 36.8 Å². The van der Waals surface area contributed by atoms with Crippen molar-refractivity contribution in [1.29, 1.82) is 0 Å². The van der Waals surface area contributed by atoms with E-state index in [0.29, 0.717) is 13.2 Å². The molecule has 1 aromatic carbocycles. The van der Waals surface area contributed by atoms with E-state index in [9.17, 15) is 16.8 Å². The van der Waals surface area contributed by atoms with Crippen molar-refractivity contribution in [2.24, 2.45) is 0 Å². The van der Waals surface area contributed by atoms with Gasteiger partial charge in [0.25, 0.3) is 0 Å². The predicted octanol–water partition coefficient (Wildman–Crippen LogP) is 1.27. The summed E-state index contributed by atoms with van der Waals surface area (Å²) >= 11 is 0. The predicted molar refractivity (Wildman–Crippen MR) is 103 cm³/mol. The van der Waals surface area contributed by atoms with Gasteiger partial charge in [0.1, 0.15) is 0 Å². The molecule has 8 heteroatoms. The fourth-order valence-electron chi connectivity index (χ4n) is 4.46. The van der Waals surface area contributed by atoms with Crippen LogP contribution in [0.3, 0.4) is 0 Å². The average molecular weight is 414 g/mol. The largest absolute Gasteiger partial charge is 0.377 e. The molecule has 2 saturated heterocycles. The topological polar surface area (TPSA) is 89.5 Å². The standard InChI is InChI=1S/C19H27NO5S2/c21-26(22)12-18(20-11-16-6-3-9-25-16)19(13-26)27(23,24)17-8-7-14-4-1-2-5-15(14)10-17/h7-8,10,16,18-20H,1-6,9,11-13H2/t16?,18-,19-/m0/s1. The molecule has 3 aliphatic rings. The van der Waals surface area contributed by atoms with Gasteiger partial charge in [-0.3, -0.25) is 0 Å². The summed E-state index contributed by atoms with van der Waals surface area (Å²) in [5, 5.41) is 2.24. The number of fused-ring (bicyclic) bond motifs is 1. The number of rotatable bonds is 5. The first kappa shape index (κ1) is 19.4. The van der Waals surface area contributed by atoms with Gasteiger partial charge in [-0.05, 0) is 61.8 Å². The number of aryl methyl sites for hydroxylation is 2. The number of benzene rings is 1. The summed E-state index contributed by atoms with van der Waals surface area (Å²) in [7, 11) is -7.10. The molecule has 0 radical (unpaired) electrons. The smallest absolute Gasteiger partial charge is 0.183 e. The van der Waals surface area contributed by atoms with Crippen LogP contribution in [0, 0.1) is 0 Å². The zero-order valence-corrected chi connectivity index (χ0v) is 17.0. The van der Waals surface area contributed by atoms with Crippen LogP contribution in [-0.2, 0) is 37.3 Å². The van der Waals surface area contributed by atoms with Crippen LogP contribution in [0.25, 0.3) is 0 Å². The van der Waals surface area contributed by atoms with Gasteiger partial charge in [0.2, 0.25) is 0 Å². The van der Waals surface area contributed by atoms with Gasteiger partial charge in [0, 0.05) is 19.2 Å². The minimum Gasteiger partial charge on any atom is -0.377 e. The zero-order chi connectivity index (χ0) is 19.1. The van der Waals surface area contributed by atoms with Crippen LogP contribution < -0.4 is 5.32 Å². The highest BCUT2D eigenvalue weighted by Gasteiger charge is 2.46. The number of sulfone groups is 2.